The molecule has 4 rings (SSSR count). The Morgan fingerprint density at radius 2 is 1.69 bits per heavy atom. The maximum absolute atomic E-state index is 13.8. The predicted octanol–water partition coefficient (Wildman–Crippen LogP) is 4.19. The van der Waals surface area contributed by atoms with Crippen molar-refractivity contribution in [2.75, 3.05) is 6.54 Å². The van der Waals surface area contributed by atoms with E-state index in [1.165, 1.54) is 9.58 Å². The number of aryl methyl sites for hydroxylation is 1. The number of halogens is 1. The molecule has 3 aromatic rings. The topological polar surface area (TPSA) is 79.1 Å². The van der Waals surface area contributed by atoms with E-state index >= 15 is 0 Å². The first-order valence-electron chi connectivity index (χ1n) is 11.9. The van der Waals surface area contributed by atoms with Crippen molar-refractivity contribution >= 4 is 34.7 Å². The van der Waals surface area contributed by atoms with Crippen LogP contribution in [0.3, 0.4) is 0 Å². The van der Waals surface area contributed by atoms with Crippen molar-refractivity contribution in [2.24, 2.45) is 5.92 Å². The fourth-order valence-corrected chi connectivity index (χ4v) is 4.44. The molecule has 182 valence electrons. The second-order valence-electron chi connectivity index (χ2n) is 9.48. The molecule has 0 fully saturated rings. The molecule has 0 saturated heterocycles. The molecule has 1 aliphatic heterocycles. The van der Waals surface area contributed by atoms with Crippen LogP contribution in [0.1, 0.15) is 57.4 Å². The fraction of sp³-hybridized carbons (Fsp3) is 0.333. The number of nitrogens with one attached hydrogen (secondary N) is 1. The van der Waals surface area contributed by atoms with Gasteiger partial charge in [-0.3, -0.25) is 24.4 Å². The van der Waals surface area contributed by atoms with Crippen molar-refractivity contribution in [1.82, 2.24) is 14.7 Å². The van der Waals surface area contributed by atoms with Crippen LogP contribution in [-0.4, -0.2) is 33.0 Å². The lowest BCUT2D eigenvalue weighted by Crippen LogP contribution is -2.41. The summed E-state index contributed by atoms with van der Waals surface area (Å²) < 4.78 is 3.08. The molecule has 1 aliphatic rings. The maximum atomic E-state index is 13.8. The van der Waals surface area contributed by atoms with Gasteiger partial charge in [-0.15, -0.1) is 0 Å². The Labute approximate surface area is 209 Å². The minimum absolute atomic E-state index is 0.0806. The summed E-state index contributed by atoms with van der Waals surface area (Å²) in [7, 11) is 0. The van der Waals surface area contributed by atoms with Gasteiger partial charge in [-0.2, -0.15) is 4.57 Å². The Kier molecular flexibility index (Phi) is 6.81. The molecular weight excluding hydrogens is 464 g/mol. The third-order valence-corrected chi connectivity index (χ3v) is 6.30. The van der Waals surface area contributed by atoms with Crippen LogP contribution in [0.4, 0.5) is 0 Å². The van der Waals surface area contributed by atoms with Gasteiger partial charge in [0.2, 0.25) is 0 Å². The molecule has 0 aliphatic carbocycles. The van der Waals surface area contributed by atoms with Crippen LogP contribution < -0.4 is 10.1 Å². The van der Waals surface area contributed by atoms with Gasteiger partial charge in [0.1, 0.15) is 5.57 Å². The highest BCUT2D eigenvalue weighted by molar-refractivity contribution is 6.44. The summed E-state index contributed by atoms with van der Waals surface area (Å²) >= 11 is 6.04. The van der Waals surface area contributed by atoms with Gasteiger partial charge in [0.25, 0.3) is 17.2 Å². The van der Waals surface area contributed by atoms with E-state index in [9.17, 15) is 14.4 Å². The van der Waals surface area contributed by atoms with Gasteiger partial charge in [-0.05, 0) is 48.6 Å². The molecule has 8 heteroatoms. The van der Waals surface area contributed by atoms with E-state index in [-0.39, 0.29) is 40.8 Å². The number of hydrogen-bond donors (Lipinski definition) is 1. The van der Waals surface area contributed by atoms with Gasteiger partial charge in [-0.1, -0.05) is 46.2 Å². The van der Waals surface area contributed by atoms with Crippen molar-refractivity contribution in [3.8, 4) is 5.69 Å². The number of carbonyl (C=O) groups excluding carboxylic acids is 2. The number of imide groups is 1. The largest absolute Gasteiger partial charge is 0.326 e. The van der Waals surface area contributed by atoms with Gasteiger partial charge in [0.05, 0.1) is 11.3 Å². The molecule has 0 spiro atoms. The van der Waals surface area contributed by atoms with E-state index in [0.717, 1.165) is 12.0 Å². The number of pyridine rings is 1. The van der Waals surface area contributed by atoms with E-state index in [1.807, 2.05) is 52.9 Å². The number of H-pyrrole nitrogens is 1. The molecule has 35 heavy (non-hydrogen) atoms. The minimum atomic E-state index is -0.450. The molecule has 0 atom stereocenters. The first kappa shape index (κ1) is 24.7. The van der Waals surface area contributed by atoms with Crippen LogP contribution in [0.5, 0.6) is 0 Å². The lowest BCUT2D eigenvalue weighted by molar-refractivity contribution is -0.577. The smallest absolute Gasteiger partial charge is 0.294 e. The van der Waals surface area contributed by atoms with E-state index in [4.69, 9.17) is 11.6 Å². The molecule has 7 nitrogen and oxygen atoms in total. The second kappa shape index (κ2) is 9.66. The zero-order chi connectivity index (χ0) is 25.4. The fourth-order valence-electron chi connectivity index (χ4n) is 4.32. The first-order chi connectivity index (χ1) is 16.6. The molecule has 0 bridgehead atoms. The van der Waals surface area contributed by atoms with Gasteiger partial charge in [-0.25, -0.2) is 4.68 Å². The summed E-state index contributed by atoms with van der Waals surface area (Å²) in [6.07, 6.45) is 4.36. The molecule has 1 aromatic carbocycles. The van der Waals surface area contributed by atoms with Gasteiger partial charge in [0.15, 0.2) is 12.4 Å². The Morgan fingerprint density at radius 3 is 2.29 bits per heavy atom. The van der Waals surface area contributed by atoms with Crippen molar-refractivity contribution in [3.05, 3.63) is 81.0 Å². The Balaban J connectivity index is 2.02. The number of aromatic amines is 1. The lowest BCUT2D eigenvalue weighted by Gasteiger charge is -2.16. The van der Waals surface area contributed by atoms with Crippen LogP contribution in [0.2, 0.25) is 5.02 Å². The summed E-state index contributed by atoms with van der Waals surface area (Å²) in [4.78, 5) is 42.5. The van der Waals surface area contributed by atoms with Gasteiger partial charge in [0, 0.05) is 28.9 Å². The zero-order valence-corrected chi connectivity index (χ0v) is 21.4. The molecule has 3 heterocycles. The van der Waals surface area contributed by atoms with Gasteiger partial charge >= 0.3 is 5.91 Å². The molecule has 0 unspecified atom stereocenters. The second-order valence-corrected chi connectivity index (χ2v) is 9.92. The lowest BCUT2D eigenvalue weighted by atomic mass is 9.98. The Hall–Kier alpha value is -3.45. The van der Waals surface area contributed by atoms with Gasteiger partial charge < -0.3 is 0 Å². The molecule has 0 radical (unpaired) electrons. The number of amides is 2. The standard InChI is InChI=1S/C27H29ClN4O3/c1-6-18-8-7-13-30(15-18)24-22(25(33)31(27(24)35)14-16(2)3)21-23(17(4)5)29-32(26(21)34)20-11-9-19(28)10-12-20/h7-13,15-17H,6,14H2,1-5H3/p+1. The highest BCUT2D eigenvalue weighted by Crippen LogP contribution is 2.33. The van der Waals surface area contributed by atoms with Crippen molar-refractivity contribution in [3.63, 3.8) is 0 Å². The molecule has 1 N–H and O–H groups in total. The van der Waals surface area contributed by atoms with E-state index in [0.29, 0.717) is 16.4 Å². The van der Waals surface area contributed by atoms with E-state index < -0.39 is 11.8 Å². The van der Waals surface area contributed by atoms with E-state index in [2.05, 4.69) is 5.10 Å². The minimum Gasteiger partial charge on any atom is -0.294 e. The SMILES string of the molecule is CCc1ccc[n+](C2=C(c3c(C(C)C)[nH]n(-c4ccc(Cl)cc4)c3=O)C(=O)N(CC(C)C)C2=O)c1. The molecule has 2 amide bonds. The number of aromatic nitrogens is 3. The van der Waals surface area contributed by atoms with Crippen LogP contribution >= 0.6 is 11.6 Å². The zero-order valence-electron chi connectivity index (χ0n) is 20.6. The maximum Gasteiger partial charge on any atom is 0.326 e. The Morgan fingerprint density at radius 1 is 1.00 bits per heavy atom. The summed E-state index contributed by atoms with van der Waals surface area (Å²) in [6.45, 7) is 10.1. The highest BCUT2D eigenvalue weighted by atomic mass is 35.5. The number of nitrogens with zero attached hydrogens (tertiary/aromatic N) is 3. The van der Waals surface area contributed by atoms with Crippen LogP contribution in [0.25, 0.3) is 17.0 Å². The normalized spacial score (nSPS) is 14.2. The summed E-state index contributed by atoms with van der Waals surface area (Å²) in [5, 5.41) is 3.73. The monoisotopic (exact) mass is 493 g/mol. The number of rotatable bonds is 7. The summed E-state index contributed by atoms with van der Waals surface area (Å²) in [6, 6.07) is 10.7. The summed E-state index contributed by atoms with van der Waals surface area (Å²) in [5.74, 6) is -0.870. The number of benzene rings is 1. The number of hydrogen-bond acceptors (Lipinski definition) is 3. The molecule has 0 saturated carbocycles. The third kappa shape index (κ3) is 4.48. The predicted molar refractivity (Wildman–Crippen MR) is 136 cm³/mol. The van der Waals surface area contributed by atoms with Crippen LogP contribution in [-0.2, 0) is 16.0 Å². The highest BCUT2D eigenvalue weighted by Gasteiger charge is 2.47. The summed E-state index contributed by atoms with van der Waals surface area (Å²) in [5.41, 5.74) is 2.37. The molecule has 2 aromatic heterocycles. The number of carbonyl (C=O) groups is 2. The average Bonchev–Trinajstić information content (AvgIpc) is 3.28. The van der Waals surface area contributed by atoms with Crippen LogP contribution in [0.15, 0.2) is 53.6 Å². The van der Waals surface area contributed by atoms with Crippen molar-refractivity contribution in [2.45, 2.75) is 47.0 Å². The molecular formula is C27H30ClN4O3+. The Bertz CT molecular complexity index is 1380. The van der Waals surface area contributed by atoms with Crippen LogP contribution in [0, 0.1) is 5.92 Å². The van der Waals surface area contributed by atoms with E-state index in [1.54, 1.807) is 35.0 Å². The first-order valence-corrected chi connectivity index (χ1v) is 12.2. The quantitative estimate of drug-likeness (QED) is 0.396. The van der Waals surface area contributed by atoms with Crippen molar-refractivity contribution in [1.29, 1.82) is 0 Å². The third-order valence-electron chi connectivity index (χ3n) is 6.05. The average molecular weight is 494 g/mol. The van der Waals surface area contributed by atoms with Crippen molar-refractivity contribution < 1.29 is 14.2 Å².